The summed E-state index contributed by atoms with van der Waals surface area (Å²) in [7, 11) is 0. The van der Waals surface area contributed by atoms with Gasteiger partial charge in [0.2, 0.25) is 0 Å². The standard InChI is InChI=1S/C19H22FN3O4/c20-16-4-5-18(19(13-16)23(24)25)21-14-15-2-1-3-17(12-15)27-11-8-22-6-9-26-10-7-22/h1-5,12-13,21H,6-11,14H2. The number of benzene rings is 2. The topological polar surface area (TPSA) is 76.9 Å². The van der Waals surface area contributed by atoms with Crippen molar-refractivity contribution in [3.05, 3.63) is 64.0 Å². The zero-order valence-corrected chi connectivity index (χ0v) is 14.9. The van der Waals surface area contributed by atoms with Crippen LogP contribution < -0.4 is 10.1 Å². The van der Waals surface area contributed by atoms with E-state index >= 15 is 0 Å². The second-order valence-corrected chi connectivity index (χ2v) is 6.22. The van der Waals surface area contributed by atoms with Gasteiger partial charge in [-0.3, -0.25) is 15.0 Å². The van der Waals surface area contributed by atoms with E-state index in [-0.39, 0.29) is 11.4 Å². The van der Waals surface area contributed by atoms with Crippen molar-refractivity contribution in [3.63, 3.8) is 0 Å². The molecule has 1 aliphatic rings. The number of nitro benzene ring substituents is 1. The predicted octanol–water partition coefficient (Wildman–Crippen LogP) is 3.06. The second kappa shape index (κ2) is 9.29. The summed E-state index contributed by atoms with van der Waals surface area (Å²) < 4.78 is 24.3. The molecule has 1 fully saturated rings. The van der Waals surface area contributed by atoms with E-state index in [0.29, 0.717) is 13.2 Å². The van der Waals surface area contributed by atoms with Gasteiger partial charge in [0, 0.05) is 26.2 Å². The molecule has 0 aliphatic carbocycles. The molecule has 0 saturated carbocycles. The third kappa shape index (κ3) is 5.63. The van der Waals surface area contributed by atoms with Gasteiger partial charge in [0.1, 0.15) is 23.9 Å². The number of ether oxygens (including phenoxy) is 2. The Labute approximate surface area is 156 Å². The van der Waals surface area contributed by atoms with Gasteiger partial charge < -0.3 is 14.8 Å². The molecule has 0 radical (unpaired) electrons. The molecule has 8 heteroatoms. The first kappa shape index (κ1) is 19.1. The van der Waals surface area contributed by atoms with Gasteiger partial charge in [-0.1, -0.05) is 12.1 Å². The van der Waals surface area contributed by atoms with Crippen molar-refractivity contribution in [3.8, 4) is 5.75 Å². The Morgan fingerprint density at radius 2 is 2.04 bits per heavy atom. The van der Waals surface area contributed by atoms with E-state index in [9.17, 15) is 14.5 Å². The molecular weight excluding hydrogens is 353 g/mol. The van der Waals surface area contributed by atoms with Gasteiger partial charge in [-0.15, -0.1) is 0 Å². The maximum Gasteiger partial charge on any atom is 0.295 e. The number of morpholine rings is 1. The monoisotopic (exact) mass is 375 g/mol. The first-order valence-corrected chi connectivity index (χ1v) is 8.81. The van der Waals surface area contributed by atoms with Crippen molar-refractivity contribution in [2.45, 2.75) is 6.54 Å². The second-order valence-electron chi connectivity index (χ2n) is 6.22. The summed E-state index contributed by atoms with van der Waals surface area (Å²) in [5.41, 5.74) is 0.908. The lowest BCUT2D eigenvalue weighted by atomic mass is 10.2. The van der Waals surface area contributed by atoms with Crippen molar-refractivity contribution in [2.24, 2.45) is 0 Å². The van der Waals surface area contributed by atoms with Crippen molar-refractivity contribution < 1.29 is 18.8 Å². The van der Waals surface area contributed by atoms with Crippen LogP contribution in [0.3, 0.4) is 0 Å². The molecule has 7 nitrogen and oxygen atoms in total. The number of anilines is 1. The summed E-state index contributed by atoms with van der Waals surface area (Å²) in [5, 5.41) is 14.0. The Kier molecular flexibility index (Phi) is 6.56. The van der Waals surface area contributed by atoms with E-state index in [1.54, 1.807) is 0 Å². The molecule has 2 aromatic carbocycles. The Morgan fingerprint density at radius 3 is 2.81 bits per heavy atom. The van der Waals surface area contributed by atoms with Crippen LogP contribution in [0.15, 0.2) is 42.5 Å². The summed E-state index contributed by atoms with van der Waals surface area (Å²) in [4.78, 5) is 12.7. The molecule has 0 amide bonds. The van der Waals surface area contributed by atoms with E-state index in [4.69, 9.17) is 9.47 Å². The SMILES string of the molecule is O=[N+]([O-])c1cc(F)ccc1NCc1cccc(OCCN2CCOCC2)c1. The van der Waals surface area contributed by atoms with Gasteiger partial charge in [0.25, 0.3) is 5.69 Å². The quantitative estimate of drug-likeness (QED) is 0.564. The van der Waals surface area contributed by atoms with Crippen LogP contribution in [-0.2, 0) is 11.3 Å². The summed E-state index contributed by atoms with van der Waals surface area (Å²) in [6.07, 6.45) is 0. The van der Waals surface area contributed by atoms with Crippen LogP contribution >= 0.6 is 0 Å². The highest BCUT2D eigenvalue weighted by Crippen LogP contribution is 2.26. The molecule has 0 bridgehead atoms. The van der Waals surface area contributed by atoms with Crippen molar-refractivity contribution in [1.29, 1.82) is 0 Å². The minimum atomic E-state index is -0.636. The van der Waals surface area contributed by atoms with Crippen LogP contribution in [0, 0.1) is 15.9 Å². The third-order valence-electron chi connectivity index (χ3n) is 4.32. The minimum absolute atomic E-state index is 0.278. The lowest BCUT2D eigenvalue weighted by Crippen LogP contribution is -2.38. The Bertz CT molecular complexity index is 781. The molecule has 27 heavy (non-hydrogen) atoms. The maximum absolute atomic E-state index is 13.2. The highest BCUT2D eigenvalue weighted by molar-refractivity contribution is 5.61. The number of nitro groups is 1. The first-order valence-electron chi connectivity index (χ1n) is 8.81. The molecule has 1 N–H and O–H groups in total. The van der Waals surface area contributed by atoms with Gasteiger partial charge in [-0.05, 0) is 29.8 Å². The van der Waals surface area contributed by atoms with Crippen LogP contribution in [-0.4, -0.2) is 49.3 Å². The highest BCUT2D eigenvalue weighted by Gasteiger charge is 2.14. The molecular formula is C19H22FN3O4. The summed E-state index contributed by atoms with van der Waals surface area (Å²) >= 11 is 0. The van der Waals surface area contributed by atoms with Crippen LogP contribution in [0.4, 0.5) is 15.8 Å². The Morgan fingerprint density at radius 1 is 1.22 bits per heavy atom. The van der Waals surface area contributed by atoms with Crippen LogP contribution in [0.2, 0.25) is 0 Å². The maximum atomic E-state index is 13.2. The molecule has 1 saturated heterocycles. The molecule has 1 aliphatic heterocycles. The average molecular weight is 375 g/mol. The smallest absolute Gasteiger partial charge is 0.295 e. The normalized spacial score (nSPS) is 14.7. The van der Waals surface area contributed by atoms with E-state index in [2.05, 4.69) is 10.2 Å². The fourth-order valence-corrected chi connectivity index (χ4v) is 2.87. The molecule has 0 atom stereocenters. The number of nitrogens with zero attached hydrogens (tertiary/aromatic N) is 2. The van der Waals surface area contributed by atoms with Crippen molar-refractivity contribution in [2.75, 3.05) is 44.8 Å². The molecule has 1 heterocycles. The van der Waals surface area contributed by atoms with Gasteiger partial charge in [-0.25, -0.2) is 4.39 Å². The summed E-state index contributed by atoms with van der Waals surface area (Å²) in [6.45, 7) is 5.15. The van der Waals surface area contributed by atoms with Gasteiger partial charge in [-0.2, -0.15) is 0 Å². The zero-order chi connectivity index (χ0) is 19.1. The van der Waals surface area contributed by atoms with E-state index in [0.717, 1.165) is 50.2 Å². The Balaban J connectivity index is 1.54. The minimum Gasteiger partial charge on any atom is -0.492 e. The lowest BCUT2D eigenvalue weighted by Gasteiger charge is -2.26. The van der Waals surface area contributed by atoms with Crippen LogP contribution in [0.1, 0.15) is 5.56 Å². The summed E-state index contributed by atoms with van der Waals surface area (Å²) in [5.74, 6) is 0.110. The number of hydrogen-bond donors (Lipinski definition) is 1. The summed E-state index contributed by atoms with van der Waals surface area (Å²) in [6, 6.07) is 11.0. The number of hydrogen-bond acceptors (Lipinski definition) is 6. The van der Waals surface area contributed by atoms with Crippen molar-refractivity contribution in [1.82, 2.24) is 4.90 Å². The van der Waals surface area contributed by atoms with Gasteiger partial charge in [0.15, 0.2) is 0 Å². The average Bonchev–Trinajstić information content (AvgIpc) is 2.68. The molecule has 3 rings (SSSR count). The van der Waals surface area contributed by atoms with Crippen molar-refractivity contribution >= 4 is 11.4 Å². The zero-order valence-electron chi connectivity index (χ0n) is 14.9. The van der Waals surface area contributed by atoms with Crippen LogP contribution in [0.5, 0.6) is 5.75 Å². The predicted molar refractivity (Wildman–Crippen MR) is 99.6 cm³/mol. The van der Waals surface area contributed by atoms with E-state index in [1.807, 2.05) is 24.3 Å². The van der Waals surface area contributed by atoms with E-state index < -0.39 is 10.7 Å². The largest absolute Gasteiger partial charge is 0.492 e. The Hall–Kier alpha value is -2.71. The molecule has 0 unspecified atom stereocenters. The van der Waals surface area contributed by atoms with Gasteiger partial charge >= 0.3 is 0 Å². The molecule has 0 aromatic heterocycles. The lowest BCUT2D eigenvalue weighted by molar-refractivity contribution is -0.384. The number of halogens is 1. The first-order chi connectivity index (χ1) is 13.1. The molecule has 2 aromatic rings. The van der Waals surface area contributed by atoms with E-state index in [1.165, 1.54) is 12.1 Å². The molecule has 0 spiro atoms. The van der Waals surface area contributed by atoms with Crippen LogP contribution in [0.25, 0.3) is 0 Å². The number of rotatable bonds is 8. The third-order valence-corrected chi connectivity index (χ3v) is 4.32. The number of nitrogens with one attached hydrogen (secondary N) is 1. The van der Waals surface area contributed by atoms with Gasteiger partial charge in [0.05, 0.1) is 24.2 Å². The highest BCUT2D eigenvalue weighted by atomic mass is 19.1. The fourth-order valence-electron chi connectivity index (χ4n) is 2.87. The molecule has 144 valence electrons. The fraction of sp³-hybridized carbons (Fsp3) is 0.368.